The van der Waals surface area contributed by atoms with Gasteiger partial charge in [-0.25, -0.2) is 0 Å². The molecule has 0 unspecified atom stereocenters. The van der Waals surface area contributed by atoms with Gasteiger partial charge in [0.05, 0.1) is 12.6 Å². The summed E-state index contributed by atoms with van der Waals surface area (Å²) in [6, 6.07) is 0. The first-order valence-corrected chi connectivity index (χ1v) is 5.91. The third-order valence-electron chi connectivity index (χ3n) is 3.21. The van der Waals surface area contributed by atoms with E-state index in [4.69, 9.17) is 0 Å². The van der Waals surface area contributed by atoms with Gasteiger partial charge in [-0.3, -0.25) is 9.69 Å². The van der Waals surface area contributed by atoms with Crippen LogP contribution in [0, 0.1) is 5.92 Å². The molecule has 0 aromatic rings. The summed E-state index contributed by atoms with van der Waals surface area (Å²) in [4.78, 5) is 13.6. The number of carbonyl (C=O) groups is 1. The second kappa shape index (κ2) is 4.94. The van der Waals surface area contributed by atoms with Gasteiger partial charge < -0.3 is 10.4 Å². The average Bonchev–Trinajstić information content (AvgIpc) is 3.02. The van der Waals surface area contributed by atoms with Crippen LogP contribution in [-0.4, -0.2) is 48.2 Å². The Hall–Kier alpha value is -0.610. The molecule has 1 heterocycles. The first-order chi connectivity index (χ1) is 7.24. The van der Waals surface area contributed by atoms with Gasteiger partial charge in [-0.15, -0.1) is 0 Å². The number of piperidine rings is 1. The fraction of sp³-hybridized carbons (Fsp3) is 0.909. The Morgan fingerprint density at radius 2 is 1.93 bits per heavy atom. The van der Waals surface area contributed by atoms with Crippen molar-refractivity contribution in [2.24, 2.45) is 5.92 Å². The molecule has 2 aliphatic rings. The van der Waals surface area contributed by atoms with Crippen molar-refractivity contribution in [3.05, 3.63) is 0 Å². The standard InChI is InChI=1S/C11H20N2O2/c14-10-3-5-13(6-4-10)8-11(15)12-7-9-1-2-9/h9-10,14H,1-8H2,(H,12,15). The van der Waals surface area contributed by atoms with Gasteiger partial charge in [-0.2, -0.15) is 0 Å². The quantitative estimate of drug-likeness (QED) is 0.688. The highest BCUT2D eigenvalue weighted by molar-refractivity contribution is 5.78. The molecule has 4 nitrogen and oxygen atoms in total. The summed E-state index contributed by atoms with van der Waals surface area (Å²) in [5.41, 5.74) is 0. The first kappa shape index (κ1) is 10.9. The van der Waals surface area contributed by atoms with Crippen LogP contribution in [0.1, 0.15) is 25.7 Å². The molecule has 0 aromatic heterocycles. The molecule has 1 aliphatic carbocycles. The van der Waals surface area contributed by atoms with E-state index in [1.54, 1.807) is 0 Å². The van der Waals surface area contributed by atoms with Crippen molar-refractivity contribution in [3.8, 4) is 0 Å². The molecule has 4 heteroatoms. The molecule has 0 atom stereocenters. The van der Waals surface area contributed by atoms with Crippen molar-refractivity contribution in [1.29, 1.82) is 0 Å². The number of aliphatic hydroxyl groups excluding tert-OH is 1. The van der Waals surface area contributed by atoms with E-state index < -0.39 is 0 Å². The largest absolute Gasteiger partial charge is 0.393 e. The average molecular weight is 212 g/mol. The number of likely N-dealkylation sites (tertiary alicyclic amines) is 1. The molecule has 2 fully saturated rings. The molecule has 1 saturated carbocycles. The number of rotatable bonds is 4. The van der Waals surface area contributed by atoms with Crippen LogP contribution in [0.3, 0.4) is 0 Å². The van der Waals surface area contributed by atoms with Crippen molar-refractivity contribution in [2.75, 3.05) is 26.2 Å². The summed E-state index contributed by atoms with van der Waals surface area (Å²) in [5, 5.41) is 12.3. The van der Waals surface area contributed by atoms with Crippen LogP contribution in [0.5, 0.6) is 0 Å². The minimum atomic E-state index is -0.157. The van der Waals surface area contributed by atoms with E-state index in [1.165, 1.54) is 12.8 Å². The van der Waals surface area contributed by atoms with Gasteiger partial charge in [0.2, 0.25) is 5.91 Å². The van der Waals surface area contributed by atoms with E-state index in [-0.39, 0.29) is 12.0 Å². The predicted molar refractivity (Wildman–Crippen MR) is 57.4 cm³/mol. The smallest absolute Gasteiger partial charge is 0.234 e. The fourth-order valence-electron chi connectivity index (χ4n) is 1.92. The lowest BCUT2D eigenvalue weighted by molar-refractivity contribution is -0.122. The zero-order valence-electron chi connectivity index (χ0n) is 9.11. The summed E-state index contributed by atoms with van der Waals surface area (Å²) in [6.45, 7) is 3.05. The number of nitrogens with one attached hydrogen (secondary N) is 1. The number of hydrogen-bond donors (Lipinski definition) is 2. The van der Waals surface area contributed by atoms with Gasteiger partial charge in [0.1, 0.15) is 0 Å². The van der Waals surface area contributed by atoms with E-state index in [0.717, 1.165) is 38.4 Å². The van der Waals surface area contributed by atoms with E-state index >= 15 is 0 Å². The molecule has 1 amide bonds. The highest BCUT2D eigenvalue weighted by Gasteiger charge is 2.23. The zero-order chi connectivity index (χ0) is 10.7. The maximum atomic E-state index is 11.5. The monoisotopic (exact) mass is 212 g/mol. The molecule has 0 radical (unpaired) electrons. The molecule has 86 valence electrons. The van der Waals surface area contributed by atoms with Crippen molar-refractivity contribution in [2.45, 2.75) is 31.8 Å². The Bertz CT molecular complexity index is 221. The molecule has 0 spiro atoms. The summed E-state index contributed by atoms with van der Waals surface area (Å²) < 4.78 is 0. The van der Waals surface area contributed by atoms with E-state index in [2.05, 4.69) is 10.2 Å². The summed E-state index contributed by atoms with van der Waals surface area (Å²) in [5.74, 6) is 0.885. The van der Waals surface area contributed by atoms with Crippen LogP contribution < -0.4 is 5.32 Å². The van der Waals surface area contributed by atoms with Crippen LogP contribution in [0.25, 0.3) is 0 Å². The van der Waals surface area contributed by atoms with Crippen LogP contribution in [0.2, 0.25) is 0 Å². The lowest BCUT2D eigenvalue weighted by atomic mass is 10.1. The Labute approximate surface area is 90.6 Å². The van der Waals surface area contributed by atoms with Crippen molar-refractivity contribution in [3.63, 3.8) is 0 Å². The van der Waals surface area contributed by atoms with Crippen LogP contribution in [0.15, 0.2) is 0 Å². The number of nitrogens with zero attached hydrogens (tertiary/aromatic N) is 1. The minimum Gasteiger partial charge on any atom is -0.393 e. The van der Waals surface area contributed by atoms with Crippen LogP contribution in [0.4, 0.5) is 0 Å². The van der Waals surface area contributed by atoms with Gasteiger partial charge >= 0.3 is 0 Å². The minimum absolute atomic E-state index is 0.137. The maximum Gasteiger partial charge on any atom is 0.234 e. The van der Waals surface area contributed by atoms with Gasteiger partial charge in [0, 0.05) is 19.6 Å². The highest BCUT2D eigenvalue weighted by atomic mass is 16.3. The fourth-order valence-corrected chi connectivity index (χ4v) is 1.92. The second-order valence-electron chi connectivity index (χ2n) is 4.75. The molecule has 2 N–H and O–H groups in total. The van der Waals surface area contributed by atoms with Gasteiger partial charge in [0.25, 0.3) is 0 Å². The molecule has 1 aliphatic heterocycles. The van der Waals surface area contributed by atoms with E-state index in [1.807, 2.05) is 0 Å². The Balaban J connectivity index is 1.60. The molecule has 1 saturated heterocycles. The Morgan fingerprint density at radius 3 is 2.53 bits per heavy atom. The van der Waals surface area contributed by atoms with Gasteiger partial charge in [-0.05, 0) is 31.6 Å². The number of carbonyl (C=O) groups excluding carboxylic acids is 1. The number of hydrogen-bond acceptors (Lipinski definition) is 3. The third kappa shape index (κ3) is 3.80. The highest BCUT2D eigenvalue weighted by Crippen LogP contribution is 2.27. The normalized spacial score (nSPS) is 24.1. The SMILES string of the molecule is O=C(CN1CCC(O)CC1)NCC1CC1. The predicted octanol–water partition coefficient (Wildman–Crippen LogP) is -0.0307. The van der Waals surface area contributed by atoms with Gasteiger partial charge in [0.15, 0.2) is 0 Å². The Kier molecular flexibility index (Phi) is 3.59. The Morgan fingerprint density at radius 1 is 1.27 bits per heavy atom. The topological polar surface area (TPSA) is 52.6 Å². The molecule has 0 bridgehead atoms. The number of amides is 1. The summed E-state index contributed by atoms with van der Waals surface area (Å²) in [6.07, 6.45) is 3.99. The third-order valence-corrected chi connectivity index (χ3v) is 3.21. The first-order valence-electron chi connectivity index (χ1n) is 5.91. The lowest BCUT2D eigenvalue weighted by Gasteiger charge is -2.28. The van der Waals surface area contributed by atoms with E-state index in [0.29, 0.717) is 6.54 Å². The van der Waals surface area contributed by atoms with Crippen LogP contribution >= 0.6 is 0 Å². The number of aliphatic hydroxyl groups is 1. The molecule has 15 heavy (non-hydrogen) atoms. The lowest BCUT2D eigenvalue weighted by Crippen LogP contribution is -2.42. The summed E-state index contributed by atoms with van der Waals surface area (Å²) in [7, 11) is 0. The molecular weight excluding hydrogens is 192 g/mol. The van der Waals surface area contributed by atoms with Gasteiger partial charge in [-0.1, -0.05) is 0 Å². The van der Waals surface area contributed by atoms with Crippen molar-refractivity contribution in [1.82, 2.24) is 10.2 Å². The zero-order valence-corrected chi connectivity index (χ0v) is 9.11. The van der Waals surface area contributed by atoms with Crippen molar-refractivity contribution < 1.29 is 9.90 Å². The second-order valence-corrected chi connectivity index (χ2v) is 4.75. The van der Waals surface area contributed by atoms with E-state index in [9.17, 15) is 9.90 Å². The maximum absolute atomic E-state index is 11.5. The molecule has 2 rings (SSSR count). The van der Waals surface area contributed by atoms with Crippen LogP contribution in [-0.2, 0) is 4.79 Å². The van der Waals surface area contributed by atoms with Crippen molar-refractivity contribution >= 4 is 5.91 Å². The summed E-state index contributed by atoms with van der Waals surface area (Å²) >= 11 is 0. The molecular formula is C11H20N2O2. The molecule has 0 aromatic carbocycles.